The molecule has 20 heteroatoms. The van der Waals surface area contributed by atoms with Gasteiger partial charge in [0.2, 0.25) is 10.0 Å². The third-order valence-corrected chi connectivity index (χ3v) is 9.40. The second-order valence-corrected chi connectivity index (χ2v) is 19.1. The van der Waals surface area contributed by atoms with Crippen LogP contribution in [0.25, 0.3) is 10.9 Å². The van der Waals surface area contributed by atoms with E-state index >= 15 is 0 Å². The molecule has 0 spiro atoms. The Labute approximate surface area is 361 Å². The number of oxime groups is 1. The number of rotatable bonds is 10. The Morgan fingerprint density at radius 2 is 1.70 bits per heavy atom. The maximum absolute atomic E-state index is 13.1. The molecule has 324 valence electrons. The van der Waals surface area contributed by atoms with Gasteiger partial charge in [0.25, 0.3) is 16.0 Å². The minimum atomic E-state index is -3.67. The van der Waals surface area contributed by atoms with E-state index in [1.54, 1.807) is 49.0 Å². The van der Waals surface area contributed by atoms with Gasteiger partial charge in [0.05, 0.1) is 36.2 Å². The number of aromatic amines is 1. The third kappa shape index (κ3) is 15.4. The van der Waals surface area contributed by atoms with Crippen LogP contribution in [0.5, 0.6) is 0 Å². The molecule has 0 atom stereocenters. The topological polar surface area (TPSA) is 212 Å². The van der Waals surface area contributed by atoms with Crippen LogP contribution in [0.2, 0.25) is 5.02 Å². The number of furan rings is 1. The van der Waals surface area contributed by atoms with Gasteiger partial charge in [-0.15, -0.1) is 0 Å². The van der Waals surface area contributed by atoms with Crippen molar-refractivity contribution in [3.8, 4) is 0 Å². The number of thiocarbonyl (C=S) groups is 1. The van der Waals surface area contributed by atoms with Crippen LogP contribution in [0, 0.1) is 6.92 Å². The van der Waals surface area contributed by atoms with E-state index in [-0.39, 0.29) is 11.5 Å². The molecule has 2 aromatic carbocycles. The van der Waals surface area contributed by atoms with Crippen molar-refractivity contribution in [1.82, 2.24) is 14.9 Å². The summed E-state index contributed by atoms with van der Waals surface area (Å²) in [7, 11) is -7.03. The summed E-state index contributed by atoms with van der Waals surface area (Å²) in [6.07, 6.45) is 6.81. The number of sulfonamides is 1. The van der Waals surface area contributed by atoms with Crippen molar-refractivity contribution in [2.75, 3.05) is 58.9 Å². The Kier molecular flexibility index (Phi) is 16.1. The van der Waals surface area contributed by atoms with E-state index in [9.17, 15) is 21.6 Å². The number of anilines is 4. The van der Waals surface area contributed by atoms with Crippen molar-refractivity contribution in [3.63, 3.8) is 0 Å². The number of H-pyrrole nitrogens is 1. The number of pyridine rings is 1. The lowest BCUT2D eigenvalue weighted by Crippen LogP contribution is -2.49. The van der Waals surface area contributed by atoms with E-state index in [2.05, 4.69) is 49.2 Å². The Hall–Kier alpha value is -5.21. The number of nitrogens with one attached hydrogen (secondary N) is 4. The monoisotopic (exact) mass is 902 g/mol. The lowest BCUT2D eigenvalue weighted by Gasteiger charge is -2.36. The van der Waals surface area contributed by atoms with Crippen LogP contribution in [0.1, 0.15) is 62.0 Å². The van der Waals surface area contributed by atoms with Gasteiger partial charge in [-0.1, -0.05) is 29.0 Å². The highest BCUT2D eigenvalue weighted by atomic mass is 35.5. The zero-order valence-corrected chi connectivity index (χ0v) is 37.8. The Morgan fingerprint density at radius 3 is 2.30 bits per heavy atom. The fourth-order valence-electron chi connectivity index (χ4n) is 5.67. The summed E-state index contributed by atoms with van der Waals surface area (Å²) in [5.41, 5.74) is 4.81. The van der Waals surface area contributed by atoms with Gasteiger partial charge in [0.1, 0.15) is 22.0 Å². The lowest BCUT2D eigenvalue weighted by molar-refractivity contribution is 0.00199. The molecule has 5 N–H and O–H groups in total. The highest BCUT2D eigenvalue weighted by molar-refractivity contribution is 7.92. The number of carbonyl (C=O) groups is 1. The molecule has 1 saturated heterocycles. The number of halogens is 1. The SMILES string of the molecule is CC(C)Nc1cccnc1N1CCN(C(=O)c2cc3cc(NS(C)(=O)=O)ccc3[nH]2)CC1.CS(=O)(=O)O.Cc1occc1C(=S)Nc1ccc(Cl)c(/C=N/OC(C)(C)C)c1. The fourth-order valence-corrected chi connectivity index (χ4v) is 6.72. The molecule has 60 heavy (non-hydrogen) atoms. The predicted octanol–water partition coefficient (Wildman–Crippen LogP) is 7.40. The van der Waals surface area contributed by atoms with Gasteiger partial charge in [-0.3, -0.25) is 14.1 Å². The number of hydrogen-bond acceptors (Lipinski definition) is 12. The molecule has 0 bridgehead atoms. The minimum absolute atomic E-state index is 0.0694. The molecule has 1 fully saturated rings. The number of nitrogens with zero attached hydrogens (tertiary/aromatic N) is 4. The van der Waals surface area contributed by atoms with Gasteiger partial charge in [-0.05, 0) is 102 Å². The van der Waals surface area contributed by atoms with Crippen LogP contribution in [-0.4, -0.2) is 104 Å². The van der Waals surface area contributed by atoms with Gasteiger partial charge in [-0.25, -0.2) is 13.4 Å². The predicted molar refractivity (Wildman–Crippen MR) is 244 cm³/mol. The average molecular weight is 904 g/mol. The van der Waals surface area contributed by atoms with Gasteiger partial charge in [0.15, 0.2) is 5.82 Å². The molecular formula is C40H51ClN8O8S3. The number of benzene rings is 2. The van der Waals surface area contributed by atoms with Crippen LogP contribution in [-0.2, 0) is 25.0 Å². The smallest absolute Gasteiger partial charge is 0.270 e. The summed E-state index contributed by atoms with van der Waals surface area (Å²) in [4.78, 5) is 30.7. The number of aryl methyl sites for hydroxylation is 1. The molecule has 0 saturated carbocycles. The first-order chi connectivity index (χ1) is 28.0. The molecular weight excluding hydrogens is 852 g/mol. The van der Waals surface area contributed by atoms with Crippen LogP contribution in [0.4, 0.5) is 22.9 Å². The molecule has 0 aliphatic carbocycles. The quantitative estimate of drug-likeness (QED) is 0.0401. The standard InChI is InChI=1S/C22H28N6O3S.C17H19ClN2O2S.CH4O3S/c1-15(2)24-19-5-4-8-23-21(19)27-9-11-28(12-10-27)22(29)20-14-16-13-17(26-32(3,30)31)6-7-18(16)25-20;1-11-14(7-8-21-11)16(23)20-13-5-6-15(18)12(9-13)10-19-22-17(2,3)4;1-5(2,3)4/h4-8,13-15,24-26H,9-12H2,1-3H3;5-10H,1-4H3,(H,20,23);1H3,(H,2,3,4)/b;19-10+;. The Morgan fingerprint density at radius 1 is 1.03 bits per heavy atom. The number of piperazine rings is 1. The molecule has 4 heterocycles. The highest BCUT2D eigenvalue weighted by Gasteiger charge is 2.25. The van der Waals surface area contributed by atoms with Crippen molar-refractivity contribution < 1.29 is 35.4 Å². The van der Waals surface area contributed by atoms with Crippen LogP contribution >= 0.6 is 23.8 Å². The number of hydrogen-bond donors (Lipinski definition) is 5. The molecule has 6 rings (SSSR count). The summed E-state index contributed by atoms with van der Waals surface area (Å²) in [5, 5.41) is 11.9. The zero-order valence-electron chi connectivity index (χ0n) is 34.6. The molecule has 0 unspecified atom stereocenters. The second kappa shape index (κ2) is 20.4. The Balaban J connectivity index is 0.000000248. The van der Waals surface area contributed by atoms with E-state index in [1.807, 2.05) is 62.9 Å². The lowest BCUT2D eigenvalue weighted by atomic mass is 10.2. The highest BCUT2D eigenvalue weighted by Crippen LogP contribution is 2.26. The average Bonchev–Trinajstić information content (AvgIpc) is 3.77. The van der Waals surface area contributed by atoms with Crippen LogP contribution < -0.4 is 20.3 Å². The molecule has 16 nitrogen and oxygen atoms in total. The normalized spacial score (nSPS) is 13.3. The number of amides is 1. The first-order valence-electron chi connectivity index (χ1n) is 18.6. The first kappa shape index (κ1) is 47.5. The molecule has 0 radical (unpaired) electrons. The Bertz CT molecular complexity index is 2520. The minimum Gasteiger partial charge on any atom is -0.469 e. The molecule has 1 amide bonds. The summed E-state index contributed by atoms with van der Waals surface area (Å²) in [6.45, 7) is 14.4. The maximum Gasteiger partial charge on any atom is 0.270 e. The summed E-state index contributed by atoms with van der Waals surface area (Å²) < 4.78 is 56.5. The number of carbonyl (C=O) groups excluding carboxylic acids is 1. The number of aromatic nitrogens is 2. The van der Waals surface area contributed by atoms with Crippen molar-refractivity contribution in [1.29, 1.82) is 0 Å². The van der Waals surface area contributed by atoms with E-state index in [1.165, 1.54) is 0 Å². The largest absolute Gasteiger partial charge is 0.469 e. The van der Waals surface area contributed by atoms with Gasteiger partial charge < -0.3 is 34.7 Å². The summed E-state index contributed by atoms with van der Waals surface area (Å²) in [5.74, 6) is 1.61. The van der Waals surface area contributed by atoms with Crippen LogP contribution in [0.15, 0.2) is 82.7 Å². The van der Waals surface area contributed by atoms with Gasteiger partial charge >= 0.3 is 0 Å². The van der Waals surface area contributed by atoms with E-state index in [4.69, 9.17) is 37.6 Å². The van der Waals surface area contributed by atoms with Crippen molar-refractivity contribution in [2.24, 2.45) is 5.16 Å². The van der Waals surface area contributed by atoms with E-state index < -0.39 is 20.1 Å². The fraction of sp³-hybridized carbons (Fsp3) is 0.350. The molecule has 3 aromatic heterocycles. The molecule has 1 aliphatic rings. The van der Waals surface area contributed by atoms with Crippen molar-refractivity contribution >= 4 is 94.9 Å². The molecule has 1 aliphatic heterocycles. The van der Waals surface area contributed by atoms with Gasteiger partial charge in [-0.2, -0.15) is 8.42 Å². The summed E-state index contributed by atoms with van der Waals surface area (Å²) >= 11 is 11.6. The summed E-state index contributed by atoms with van der Waals surface area (Å²) in [6, 6.07) is 18.5. The zero-order chi connectivity index (χ0) is 44.4. The van der Waals surface area contributed by atoms with Crippen LogP contribution in [0.3, 0.4) is 0 Å². The third-order valence-electron chi connectivity index (χ3n) is 8.13. The van der Waals surface area contributed by atoms with Crippen molar-refractivity contribution in [2.45, 2.75) is 53.2 Å². The second-order valence-electron chi connectivity index (χ2n) is 15.1. The first-order valence-corrected chi connectivity index (χ1v) is 23.1. The maximum atomic E-state index is 13.1. The van der Waals surface area contributed by atoms with Crippen molar-refractivity contribution in [3.05, 3.63) is 101 Å². The molecule has 5 aromatic rings. The van der Waals surface area contributed by atoms with E-state index in [0.29, 0.717) is 59.9 Å². The van der Waals surface area contributed by atoms with E-state index in [0.717, 1.165) is 51.2 Å². The number of fused-ring (bicyclic) bond motifs is 1. The van der Waals surface area contributed by atoms with Gasteiger partial charge in [0, 0.05) is 71.3 Å².